The van der Waals surface area contributed by atoms with Crippen molar-refractivity contribution in [3.63, 3.8) is 0 Å². The molecule has 0 saturated heterocycles. The molecule has 0 bridgehead atoms. The number of hydrogen-bond donors (Lipinski definition) is 0. The Morgan fingerprint density at radius 1 is 1.13 bits per heavy atom. The molecule has 0 aliphatic heterocycles. The normalized spacial score (nSPS) is 11.1. The van der Waals surface area contributed by atoms with Crippen molar-refractivity contribution >= 4 is 18.0 Å². The van der Waals surface area contributed by atoms with E-state index >= 15 is 0 Å². The van der Waals surface area contributed by atoms with Gasteiger partial charge in [-0.15, -0.1) is 0 Å². The summed E-state index contributed by atoms with van der Waals surface area (Å²) in [6.07, 6.45) is 3.59. The van der Waals surface area contributed by atoms with E-state index in [4.69, 9.17) is 14.2 Å². The van der Waals surface area contributed by atoms with Crippen molar-refractivity contribution < 1.29 is 23.8 Å². The van der Waals surface area contributed by atoms with Gasteiger partial charge in [-0.05, 0) is 31.5 Å². The molecule has 0 aliphatic rings. The Morgan fingerprint density at radius 2 is 1.83 bits per heavy atom. The van der Waals surface area contributed by atoms with E-state index < -0.39 is 0 Å². The second-order valence-corrected chi connectivity index (χ2v) is 5.63. The first-order valence-corrected chi connectivity index (χ1v) is 7.59. The molecular weight excluding hydrogens is 296 g/mol. The van der Waals surface area contributed by atoms with Gasteiger partial charge in [0, 0.05) is 0 Å². The molecule has 0 N–H and O–H groups in total. The summed E-state index contributed by atoms with van der Waals surface area (Å²) in [4.78, 5) is 23.1. The minimum Gasteiger partial charge on any atom is -0.493 e. The lowest BCUT2D eigenvalue weighted by Crippen LogP contribution is -2.15. The Morgan fingerprint density at radius 3 is 2.39 bits per heavy atom. The lowest BCUT2D eigenvalue weighted by atomic mass is 10.1. The molecule has 0 saturated carbocycles. The fourth-order valence-electron chi connectivity index (χ4n) is 1.70. The smallest absolute Gasteiger partial charge is 0.313 e. The summed E-state index contributed by atoms with van der Waals surface area (Å²) in [5, 5.41) is 0. The zero-order valence-electron chi connectivity index (χ0n) is 14.3. The fraction of sp³-hybridized carbons (Fsp3) is 0.444. The summed E-state index contributed by atoms with van der Waals surface area (Å²) in [7, 11) is 1.51. The van der Waals surface area contributed by atoms with Crippen LogP contribution in [0.5, 0.6) is 11.5 Å². The van der Waals surface area contributed by atoms with Gasteiger partial charge in [0.15, 0.2) is 11.5 Å². The summed E-state index contributed by atoms with van der Waals surface area (Å²) in [6.45, 7) is 7.15. The minimum atomic E-state index is -0.317. The van der Waals surface area contributed by atoms with Crippen LogP contribution in [0.15, 0.2) is 24.3 Å². The third-order valence-electron chi connectivity index (χ3n) is 2.83. The highest BCUT2D eigenvalue weighted by molar-refractivity contribution is 5.76. The van der Waals surface area contributed by atoms with Crippen LogP contribution in [0.2, 0.25) is 0 Å². The molecule has 0 heterocycles. The van der Waals surface area contributed by atoms with Crippen LogP contribution in [0, 0.1) is 5.92 Å². The predicted octanol–water partition coefficient (Wildman–Crippen LogP) is 3.61. The molecule has 0 aromatic heterocycles. The van der Waals surface area contributed by atoms with Crippen LogP contribution in [0.1, 0.15) is 39.7 Å². The van der Waals surface area contributed by atoms with Crippen LogP contribution in [0.3, 0.4) is 0 Å². The van der Waals surface area contributed by atoms with E-state index in [1.165, 1.54) is 7.11 Å². The van der Waals surface area contributed by atoms with E-state index in [2.05, 4.69) is 0 Å². The number of carbonyl (C=O) groups excluding carboxylic acids is 2. The number of carbonyl (C=O) groups is 2. The molecular formula is C18H24O5. The SMILES string of the molecule is COc1cc(C=CCC(=O)OC(C)C)ccc1OC(=O)C(C)C. The zero-order valence-corrected chi connectivity index (χ0v) is 14.3. The molecule has 5 nitrogen and oxygen atoms in total. The Balaban J connectivity index is 2.75. The third-order valence-corrected chi connectivity index (χ3v) is 2.83. The first-order chi connectivity index (χ1) is 10.8. The van der Waals surface area contributed by atoms with Gasteiger partial charge in [-0.3, -0.25) is 9.59 Å². The van der Waals surface area contributed by atoms with Crippen molar-refractivity contribution in [3.05, 3.63) is 29.8 Å². The van der Waals surface area contributed by atoms with E-state index in [1.54, 1.807) is 44.2 Å². The maximum atomic E-state index is 11.7. The van der Waals surface area contributed by atoms with E-state index in [1.807, 2.05) is 13.8 Å². The highest BCUT2D eigenvalue weighted by atomic mass is 16.6. The fourth-order valence-corrected chi connectivity index (χ4v) is 1.70. The van der Waals surface area contributed by atoms with Gasteiger partial charge in [0.2, 0.25) is 0 Å². The van der Waals surface area contributed by atoms with Gasteiger partial charge in [-0.25, -0.2) is 0 Å². The molecule has 126 valence electrons. The van der Waals surface area contributed by atoms with Crippen LogP contribution in [-0.4, -0.2) is 25.2 Å². The van der Waals surface area contributed by atoms with Crippen LogP contribution < -0.4 is 9.47 Å². The van der Waals surface area contributed by atoms with Crippen molar-refractivity contribution in [2.75, 3.05) is 7.11 Å². The molecule has 1 aromatic rings. The van der Waals surface area contributed by atoms with Crippen molar-refractivity contribution in [2.45, 2.75) is 40.2 Å². The summed E-state index contributed by atoms with van der Waals surface area (Å²) < 4.78 is 15.6. The standard InChI is InChI=1S/C18H24O5/c1-12(2)18(20)23-15-10-9-14(11-16(15)21-5)7-6-8-17(19)22-13(3)4/h6-7,9-13H,8H2,1-5H3. The Labute approximate surface area is 137 Å². The van der Waals surface area contributed by atoms with Gasteiger partial charge >= 0.3 is 11.9 Å². The number of benzene rings is 1. The minimum absolute atomic E-state index is 0.120. The average Bonchev–Trinajstić information content (AvgIpc) is 2.47. The molecule has 5 heteroatoms. The highest BCUT2D eigenvalue weighted by Crippen LogP contribution is 2.29. The number of ether oxygens (including phenoxy) is 3. The molecule has 0 radical (unpaired) electrons. The van der Waals surface area contributed by atoms with Crippen molar-refractivity contribution in [2.24, 2.45) is 5.92 Å². The van der Waals surface area contributed by atoms with Crippen molar-refractivity contribution in [1.29, 1.82) is 0 Å². The second-order valence-electron chi connectivity index (χ2n) is 5.63. The quantitative estimate of drug-likeness (QED) is 0.567. The Bertz CT molecular complexity index is 573. The summed E-state index contributed by atoms with van der Waals surface area (Å²) in [5.41, 5.74) is 0.837. The lowest BCUT2D eigenvalue weighted by molar-refractivity contribution is -0.146. The number of hydrogen-bond acceptors (Lipinski definition) is 5. The average molecular weight is 320 g/mol. The van der Waals surface area contributed by atoms with Gasteiger partial charge in [0.1, 0.15) is 0 Å². The summed E-state index contributed by atoms with van der Waals surface area (Å²) in [6, 6.07) is 5.20. The van der Waals surface area contributed by atoms with Crippen molar-refractivity contribution in [1.82, 2.24) is 0 Å². The topological polar surface area (TPSA) is 61.8 Å². The highest BCUT2D eigenvalue weighted by Gasteiger charge is 2.13. The molecule has 0 fully saturated rings. The van der Waals surface area contributed by atoms with Gasteiger partial charge in [-0.2, -0.15) is 0 Å². The number of methoxy groups -OCH3 is 1. The molecule has 0 aliphatic carbocycles. The largest absolute Gasteiger partial charge is 0.493 e. The van der Waals surface area contributed by atoms with E-state index in [-0.39, 0.29) is 30.4 Å². The monoisotopic (exact) mass is 320 g/mol. The van der Waals surface area contributed by atoms with Crippen LogP contribution >= 0.6 is 0 Å². The number of esters is 2. The second kappa shape index (κ2) is 8.98. The van der Waals surface area contributed by atoms with Gasteiger partial charge in [0.05, 0.1) is 25.6 Å². The molecule has 1 aromatic carbocycles. The van der Waals surface area contributed by atoms with E-state index in [0.717, 1.165) is 5.56 Å². The van der Waals surface area contributed by atoms with Gasteiger partial charge in [0.25, 0.3) is 0 Å². The Hall–Kier alpha value is -2.30. The Kier molecular flexibility index (Phi) is 7.32. The first-order valence-electron chi connectivity index (χ1n) is 7.59. The zero-order chi connectivity index (χ0) is 17.4. The molecule has 1 rings (SSSR count). The molecule has 0 unspecified atom stereocenters. The van der Waals surface area contributed by atoms with E-state index in [9.17, 15) is 9.59 Å². The van der Waals surface area contributed by atoms with E-state index in [0.29, 0.717) is 11.5 Å². The lowest BCUT2D eigenvalue weighted by Gasteiger charge is -2.11. The molecule has 23 heavy (non-hydrogen) atoms. The summed E-state index contributed by atoms with van der Waals surface area (Å²) in [5.74, 6) is 0.0356. The van der Waals surface area contributed by atoms with Gasteiger partial charge < -0.3 is 14.2 Å². The van der Waals surface area contributed by atoms with Crippen LogP contribution in [0.4, 0.5) is 0 Å². The van der Waals surface area contributed by atoms with Crippen molar-refractivity contribution in [3.8, 4) is 11.5 Å². The number of rotatable bonds is 7. The summed E-state index contributed by atoms with van der Waals surface area (Å²) >= 11 is 0. The van der Waals surface area contributed by atoms with Crippen LogP contribution in [0.25, 0.3) is 6.08 Å². The first kappa shape index (κ1) is 18.7. The maximum absolute atomic E-state index is 11.7. The predicted molar refractivity (Wildman–Crippen MR) is 88.3 cm³/mol. The molecule has 0 spiro atoms. The third kappa shape index (κ3) is 6.55. The molecule has 0 amide bonds. The molecule has 0 atom stereocenters. The van der Waals surface area contributed by atoms with Gasteiger partial charge in [-0.1, -0.05) is 32.1 Å². The van der Waals surface area contributed by atoms with Crippen LogP contribution in [-0.2, 0) is 14.3 Å². The maximum Gasteiger partial charge on any atom is 0.313 e.